The first kappa shape index (κ1) is 22.0. The summed E-state index contributed by atoms with van der Waals surface area (Å²) in [6.07, 6.45) is -3.28. The van der Waals surface area contributed by atoms with Crippen molar-refractivity contribution in [2.75, 3.05) is 31.3 Å². The van der Waals surface area contributed by atoms with E-state index >= 15 is 0 Å². The number of hydrogen-bond acceptors (Lipinski definition) is 5. The smallest absolute Gasteiger partial charge is 0.396 e. The van der Waals surface area contributed by atoms with E-state index in [2.05, 4.69) is 26.2 Å². The fourth-order valence-electron chi connectivity index (χ4n) is 2.95. The van der Waals surface area contributed by atoms with E-state index in [1.807, 2.05) is 0 Å². The Morgan fingerprint density at radius 2 is 1.97 bits per heavy atom. The zero-order chi connectivity index (χ0) is 22.1. The molecule has 0 amide bonds. The molecule has 0 aliphatic carbocycles. The van der Waals surface area contributed by atoms with Gasteiger partial charge in [0.15, 0.2) is 0 Å². The van der Waals surface area contributed by atoms with Crippen LogP contribution in [0.1, 0.15) is 0 Å². The van der Waals surface area contributed by atoms with Crippen molar-refractivity contribution in [2.45, 2.75) is 12.7 Å². The fourth-order valence-corrected chi connectivity index (χ4v) is 3.48. The Bertz CT molecular complexity index is 1150. The summed E-state index contributed by atoms with van der Waals surface area (Å²) in [5.74, 6) is -0.412. The van der Waals surface area contributed by atoms with Gasteiger partial charge in [-0.3, -0.25) is 9.36 Å². The number of benzene rings is 1. The van der Waals surface area contributed by atoms with E-state index in [-0.39, 0.29) is 26.8 Å². The summed E-state index contributed by atoms with van der Waals surface area (Å²) in [4.78, 5) is 17.2. The first-order valence-electron chi connectivity index (χ1n) is 8.69. The Kier molecular flexibility index (Phi) is 6.32. The van der Waals surface area contributed by atoms with Crippen LogP contribution in [0.3, 0.4) is 0 Å². The van der Waals surface area contributed by atoms with Crippen LogP contribution in [0.2, 0.25) is 0 Å². The molecule has 6 nitrogen and oxygen atoms in total. The number of methoxy groups -OCH3 is 1. The molecule has 160 valence electrons. The molecule has 30 heavy (non-hydrogen) atoms. The highest BCUT2D eigenvalue weighted by Gasteiger charge is 2.30. The average molecular weight is 489 g/mol. The van der Waals surface area contributed by atoms with E-state index in [1.54, 1.807) is 0 Å². The lowest BCUT2D eigenvalue weighted by Crippen LogP contribution is -2.29. The number of halogens is 5. The van der Waals surface area contributed by atoms with Crippen LogP contribution in [0.4, 0.5) is 29.1 Å². The van der Waals surface area contributed by atoms with E-state index < -0.39 is 24.1 Å². The molecule has 0 bridgehead atoms. The van der Waals surface area contributed by atoms with Crippen molar-refractivity contribution in [1.29, 1.82) is 0 Å². The van der Waals surface area contributed by atoms with E-state index in [4.69, 9.17) is 10.5 Å². The number of aromatic nitrogens is 2. The van der Waals surface area contributed by atoms with E-state index in [0.29, 0.717) is 28.9 Å². The molecule has 0 atom stereocenters. The second kappa shape index (κ2) is 8.60. The molecule has 1 aromatic carbocycles. The highest BCUT2D eigenvalue weighted by Crippen LogP contribution is 2.32. The molecule has 0 fully saturated rings. The molecule has 3 N–H and O–H groups in total. The number of nitrogens with two attached hydrogens (primary N) is 1. The van der Waals surface area contributed by atoms with Gasteiger partial charge in [-0.1, -0.05) is 15.9 Å². The maximum atomic E-state index is 13.7. The molecule has 0 saturated heterocycles. The Morgan fingerprint density at radius 1 is 1.23 bits per heavy atom. The molecular weight excluding hydrogens is 472 g/mol. The van der Waals surface area contributed by atoms with Gasteiger partial charge in [-0.2, -0.15) is 13.2 Å². The first-order chi connectivity index (χ1) is 14.1. The number of ether oxygens (including phenoxy) is 1. The molecule has 2 aromatic heterocycles. The van der Waals surface area contributed by atoms with Crippen LogP contribution in [0, 0.1) is 5.82 Å². The zero-order valence-electron chi connectivity index (χ0n) is 15.7. The fraction of sp³-hybridized carbons (Fsp3) is 0.263. The summed E-state index contributed by atoms with van der Waals surface area (Å²) in [6.45, 7) is -0.738. The normalized spacial score (nSPS) is 11.8. The molecule has 0 aliphatic rings. The molecule has 0 unspecified atom stereocenters. The topological polar surface area (TPSA) is 82.2 Å². The summed E-state index contributed by atoms with van der Waals surface area (Å²) in [5, 5.41) is 3.22. The second-order valence-electron chi connectivity index (χ2n) is 6.47. The molecule has 0 saturated carbocycles. The summed E-state index contributed by atoms with van der Waals surface area (Å²) in [6, 6.07) is 5.04. The lowest BCUT2D eigenvalue weighted by molar-refractivity contribution is -0.140. The van der Waals surface area contributed by atoms with Gasteiger partial charge in [-0.15, -0.1) is 0 Å². The van der Waals surface area contributed by atoms with Crippen LogP contribution in [-0.2, 0) is 11.3 Å². The third-order valence-electron chi connectivity index (χ3n) is 4.30. The number of nitrogens with one attached hydrogen (secondary N) is 1. The summed E-state index contributed by atoms with van der Waals surface area (Å²) in [5.41, 5.74) is 4.65. The predicted octanol–water partition coefficient (Wildman–Crippen LogP) is 4.17. The van der Waals surface area contributed by atoms with Crippen LogP contribution in [0.15, 0.2) is 39.7 Å². The van der Waals surface area contributed by atoms with Crippen molar-refractivity contribution >= 4 is 38.3 Å². The molecule has 0 aliphatic heterocycles. The lowest BCUT2D eigenvalue weighted by atomic mass is 10.0. The molecule has 3 rings (SSSR count). The number of pyridine rings is 2. The van der Waals surface area contributed by atoms with E-state index in [0.717, 1.165) is 6.07 Å². The number of alkyl halides is 3. The third-order valence-corrected chi connectivity index (χ3v) is 4.96. The molecule has 0 radical (unpaired) electrons. The highest BCUT2D eigenvalue weighted by atomic mass is 79.9. The van der Waals surface area contributed by atoms with E-state index in [1.165, 1.54) is 31.5 Å². The van der Waals surface area contributed by atoms with Gasteiger partial charge in [0.25, 0.3) is 5.56 Å². The number of anilines is 2. The van der Waals surface area contributed by atoms with Gasteiger partial charge in [0.2, 0.25) is 0 Å². The summed E-state index contributed by atoms with van der Waals surface area (Å²) in [7, 11) is 1.51. The Morgan fingerprint density at radius 3 is 2.63 bits per heavy atom. The van der Waals surface area contributed by atoms with Gasteiger partial charge in [0.1, 0.15) is 18.2 Å². The van der Waals surface area contributed by atoms with Gasteiger partial charge >= 0.3 is 6.18 Å². The maximum Gasteiger partial charge on any atom is 0.406 e. The molecule has 0 spiro atoms. The van der Waals surface area contributed by atoms with Gasteiger partial charge in [-0.05, 0) is 18.2 Å². The van der Waals surface area contributed by atoms with Crippen molar-refractivity contribution in [3.05, 3.63) is 51.1 Å². The number of nitrogens with zero attached hydrogens (tertiary/aromatic N) is 2. The van der Waals surface area contributed by atoms with Crippen molar-refractivity contribution in [1.82, 2.24) is 9.55 Å². The minimum Gasteiger partial charge on any atom is -0.396 e. The maximum absolute atomic E-state index is 13.7. The van der Waals surface area contributed by atoms with Crippen molar-refractivity contribution < 1.29 is 22.3 Å². The van der Waals surface area contributed by atoms with Crippen molar-refractivity contribution in [3.63, 3.8) is 0 Å². The summed E-state index contributed by atoms with van der Waals surface area (Å²) >= 11 is 3.15. The molecule has 2 heterocycles. The van der Waals surface area contributed by atoms with Crippen molar-refractivity contribution in [2.24, 2.45) is 0 Å². The number of rotatable bonds is 6. The van der Waals surface area contributed by atoms with Crippen LogP contribution in [0.25, 0.3) is 22.0 Å². The first-order valence-corrected chi connectivity index (χ1v) is 9.48. The number of hydrogen-bond donors (Lipinski definition) is 2. The predicted molar refractivity (Wildman–Crippen MR) is 110 cm³/mol. The quantitative estimate of drug-likeness (QED) is 0.309. The lowest BCUT2D eigenvalue weighted by Gasteiger charge is -2.16. The minimum absolute atomic E-state index is 0.0576. The van der Waals surface area contributed by atoms with Gasteiger partial charge in [0.05, 0.1) is 17.8 Å². The van der Waals surface area contributed by atoms with Gasteiger partial charge < -0.3 is 15.8 Å². The van der Waals surface area contributed by atoms with Crippen LogP contribution >= 0.6 is 15.9 Å². The van der Waals surface area contributed by atoms with Crippen LogP contribution in [-0.4, -0.2) is 36.0 Å². The van der Waals surface area contributed by atoms with Crippen LogP contribution in [0.5, 0.6) is 0 Å². The number of nitrogen functional groups attached to an aromatic ring is 1. The van der Waals surface area contributed by atoms with Crippen molar-refractivity contribution in [3.8, 4) is 11.1 Å². The Balaban J connectivity index is 2.24. The Labute approximate surface area is 176 Å². The molecule has 3 aromatic rings. The van der Waals surface area contributed by atoms with Gasteiger partial charge in [-0.25, -0.2) is 9.37 Å². The van der Waals surface area contributed by atoms with Gasteiger partial charge in [0, 0.05) is 46.9 Å². The second-order valence-corrected chi connectivity index (χ2v) is 7.32. The SMILES string of the molecule is COCCNc1cc2c(cn1)cc(-c1cc(N)c(F)cc1Br)c(=O)n2CC(F)(F)F. The third kappa shape index (κ3) is 4.73. The Hall–Kier alpha value is -2.66. The standard InChI is InChI=1S/C19H17BrF4N4O2/c1-30-3-2-26-17-7-16-10(8-27-17)4-12(18(29)28(16)9-19(22,23)24)11-5-15(25)14(21)6-13(11)20/h4-8H,2-3,9,25H2,1H3,(H,26,27). The van der Waals surface area contributed by atoms with E-state index in [9.17, 15) is 22.4 Å². The molecular formula is C19H17BrF4N4O2. The minimum atomic E-state index is -4.64. The number of fused-ring (bicyclic) bond motifs is 1. The molecule has 11 heteroatoms. The monoisotopic (exact) mass is 488 g/mol. The van der Waals surface area contributed by atoms with Crippen LogP contribution < -0.4 is 16.6 Å². The highest BCUT2D eigenvalue weighted by molar-refractivity contribution is 9.10. The summed E-state index contributed by atoms with van der Waals surface area (Å²) < 4.78 is 59.1. The average Bonchev–Trinajstić information content (AvgIpc) is 2.66. The zero-order valence-corrected chi connectivity index (χ0v) is 17.3. The largest absolute Gasteiger partial charge is 0.406 e.